The summed E-state index contributed by atoms with van der Waals surface area (Å²) >= 11 is 0. The number of pyridine rings is 1. The van der Waals surface area contributed by atoms with Gasteiger partial charge in [0.15, 0.2) is 0 Å². The lowest BCUT2D eigenvalue weighted by molar-refractivity contribution is 0.194. The number of unbranched alkanes of at least 4 members (excludes halogenated alkanes) is 1. The molecule has 0 aliphatic rings. The third-order valence-corrected chi connectivity index (χ3v) is 3.93. The Morgan fingerprint density at radius 1 is 1.12 bits per heavy atom. The molecule has 0 saturated carbocycles. The zero-order valence-electron chi connectivity index (χ0n) is 14.3. The molecule has 128 valence electrons. The van der Waals surface area contributed by atoms with Crippen LogP contribution in [-0.4, -0.2) is 23.0 Å². The Kier molecular flexibility index (Phi) is 6.61. The molecule has 0 saturated heterocycles. The quantitative estimate of drug-likeness (QED) is 0.821. The topological polar surface area (TPSA) is 65.2 Å². The van der Waals surface area contributed by atoms with Crippen molar-refractivity contribution in [2.45, 2.75) is 39.3 Å². The van der Waals surface area contributed by atoms with Gasteiger partial charge in [0.25, 0.3) is 5.56 Å². The van der Waals surface area contributed by atoms with Gasteiger partial charge in [-0.1, -0.05) is 49.7 Å². The summed E-state index contributed by atoms with van der Waals surface area (Å²) in [5, 5.41) is 2.64. The van der Waals surface area contributed by atoms with E-state index in [0.29, 0.717) is 12.1 Å². The summed E-state index contributed by atoms with van der Waals surface area (Å²) in [6, 6.07) is 13.3. The minimum absolute atomic E-state index is 0.120. The number of carbonyl (C=O) groups is 1. The molecule has 2 N–H and O–H groups in total. The van der Waals surface area contributed by atoms with Crippen molar-refractivity contribution < 1.29 is 4.79 Å². The van der Waals surface area contributed by atoms with Crippen molar-refractivity contribution in [3.63, 3.8) is 0 Å². The van der Waals surface area contributed by atoms with Crippen LogP contribution in [0.2, 0.25) is 0 Å². The second kappa shape index (κ2) is 8.91. The Morgan fingerprint density at radius 2 is 1.88 bits per heavy atom. The molecule has 0 aliphatic carbocycles. The number of benzene rings is 1. The van der Waals surface area contributed by atoms with E-state index >= 15 is 0 Å². The number of nitrogens with one attached hydrogen (secondary N) is 2. The second-order valence-corrected chi connectivity index (χ2v) is 5.84. The highest BCUT2D eigenvalue weighted by molar-refractivity contribution is 5.73. The van der Waals surface area contributed by atoms with Crippen LogP contribution in [0.25, 0.3) is 0 Å². The number of amides is 2. The summed E-state index contributed by atoms with van der Waals surface area (Å²) in [6.07, 6.45) is 3.01. The van der Waals surface area contributed by atoms with Crippen LogP contribution in [-0.2, 0) is 19.5 Å². The molecular weight excluding hydrogens is 302 g/mol. The molecular formula is C19H25N3O2. The molecule has 0 aliphatic heterocycles. The molecule has 1 heterocycles. The Balaban J connectivity index is 2.14. The highest BCUT2D eigenvalue weighted by Crippen LogP contribution is 2.09. The van der Waals surface area contributed by atoms with E-state index in [4.69, 9.17) is 0 Å². The maximum Gasteiger partial charge on any atom is 0.317 e. The summed E-state index contributed by atoms with van der Waals surface area (Å²) in [7, 11) is 1.60. The van der Waals surface area contributed by atoms with Gasteiger partial charge >= 0.3 is 6.03 Å². The van der Waals surface area contributed by atoms with Gasteiger partial charge < -0.3 is 15.2 Å². The number of hydrogen-bond donors (Lipinski definition) is 2. The van der Waals surface area contributed by atoms with Gasteiger partial charge in [0.1, 0.15) is 0 Å². The number of aromatic amines is 1. The molecule has 24 heavy (non-hydrogen) atoms. The minimum atomic E-state index is -0.201. The van der Waals surface area contributed by atoms with Crippen LogP contribution in [0.5, 0.6) is 0 Å². The Hall–Kier alpha value is -2.56. The maximum absolute atomic E-state index is 12.3. The van der Waals surface area contributed by atoms with E-state index in [1.54, 1.807) is 11.9 Å². The number of carbonyl (C=O) groups excluding carboxylic acids is 1. The molecule has 0 spiro atoms. The van der Waals surface area contributed by atoms with Crippen LogP contribution in [0.3, 0.4) is 0 Å². The van der Waals surface area contributed by atoms with E-state index < -0.39 is 0 Å². The van der Waals surface area contributed by atoms with E-state index in [0.717, 1.165) is 30.5 Å². The summed E-state index contributed by atoms with van der Waals surface area (Å²) in [5.74, 6) is 0. The van der Waals surface area contributed by atoms with Crippen LogP contribution < -0.4 is 10.9 Å². The smallest absolute Gasteiger partial charge is 0.317 e. The van der Waals surface area contributed by atoms with Crippen molar-refractivity contribution in [2.24, 2.45) is 0 Å². The summed E-state index contributed by atoms with van der Waals surface area (Å²) in [5.41, 5.74) is 2.44. The second-order valence-electron chi connectivity index (χ2n) is 5.84. The first kappa shape index (κ1) is 17.8. The van der Waals surface area contributed by atoms with Crippen LogP contribution in [0.4, 0.5) is 4.79 Å². The number of urea groups is 1. The Bertz CT molecular complexity index is 710. The lowest BCUT2D eigenvalue weighted by Gasteiger charge is -2.22. The van der Waals surface area contributed by atoms with E-state index in [1.165, 1.54) is 0 Å². The number of aryl methyl sites for hydroxylation is 1. The fraction of sp³-hybridized carbons (Fsp3) is 0.368. The average molecular weight is 327 g/mol. The zero-order valence-corrected chi connectivity index (χ0v) is 14.3. The summed E-state index contributed by atoms with van der Waals surface area (Å²) < 4.78 is 0. The molecule has 2 rings (SSSR count). The monoisotopic (exact) mass is 327 g/mol. The van der Waals surface area contributed by atoms with Crippen molar-refractivity contribution >= 4 is 6.03 Å². The SMILES string of the molecule is CCCCc1ccc(CN(Cc2ccccc2)C(=O)NC)c(=O)[nH]1. The maximum atomic E-state index is 12.3. The molecule has 0 unspecified atom stereocenters. The third-order valence-electron chi connectivity index (χ3n) is 3.93. The van der Waals surface area contributed by atoms with Crippen LogP contribution >= 0.6 is 0 Å². The van der Waals surface area contributed by atoms with Crippen molar-refractivity contribution in [3.05, 3.63) is 69.6 Å². The lowest BCUT2D eigenvalue weighted by Crippen LogP contribution is -2.38. The van der Waals surface area contributed by atoms with Gasteiger partial charge in [-0.3, -0.25) is 4.79 Å². The number of hydrogen-bond acceptors (Lipinski definition) is 2. The predicted octanol–water partition coefficient (Wildman–Crippen LogP) is 3.06. The van der Waals surface area contributed by atoms with Gasteiger partial charge in [-0.25, -0.2) is 4.79 Å². The van der Waals surface area contributed by atoms with Gasteiger partial charge in [-0.2, -0.15) is 0 Å². The molecule has 2 aromatic rings. The number of H-pyrrole nitrogens is 1. The van der Waals surface area contributed by atoms with Crippen molar-refractivity contribution in [2.75, 3.05) is 7.05 Å². The van der Waals surface area contributed by atoms with Gasteiger partial charge in [-0.05, 0) is 24.5 Å². The van der Waals surface area contributed by atoms with Crippen LogP contribution in [0.1, 0.15) is 36.6 Å². The van der Waals surface area contributed by atoms with Gasteiger partial charge in [0, 0.05) is 24.8 Å². The normalized spacial score (nSPS) is 10.4. The first-order valence-corrected chi connectivity index (χ1v) is 8.35. The number of aromatic nitrogens is 1. The average Bonchev–Trinajstić information content (AvgIpc) is 2.61. The van der Waals surface area contributed by atoms with Crippen molar-refractivity contribution in [3.8, 4) is 0 Å². The molecule has 2 amide bonds. The first-order chi connectivity index (χ1) is 11.6. The Morgan fingerprint density at radius 3 is 2.50 bits per heavy atom. The van der Waals surface area contributed by atoms with Crippen LogP contribution in [0, 0.1) is 0 Å². The van der Waals surface area contributed by atoms with Gasteiger partial charge in [0.05, 0.1) is 6.54 Å². The molecule has 5 heteroatoms. The predicted molar refractivity (Wildman–Crippen MR) is 95.8 cm³/mol. The largest absolute Gasteiger partial charge is 0.341 e. The van der Waals surface area contributed by atoms with E-state index in [1.807, 2.05) is 42.5 Å². The van der Waals surface area contributed by atoms with Crippen molar-refractivity contribution in [1.82, 2.24) is 15.2 Å². The van der Waals surface area contributed by atoms with Gasteiger partial charge in [0.2, 0.25) is 0 Å². The fourth-order valence-electron chi connectivity index (χ4n) is 2.55. The van der Waals surface area contributed by atoms with E-state index in [9.17, 15) is 9.59 Å². The van der Waals surface area contributed by atoms with Gasteiger partial charge in [-0.15, -0.1) is 0 Å². The summed E-state index contributed by atoms with van der Waals surface area (Å²) in [4.78, 5) is 29.0. The first-order valence-electron chi connectivity index (χ1n) is 8.35. The molecule has 1 aromatic heterocycles. The van der Waals surface area contributed by atoms with Crippen molar-refractivity contribution in [1.29, 1.82) is 0 Å². The molecule has 5 nitrogen and oxygen atoms in total. The van der Waals surface area contributed by atoms with E-state index in [2.05, 4.69) is 17.2 Å². The molecule has 1 aromatic carbocycles. The standard InChI is InChI=1S/C19H25N3O2/c1-3-4-10-17-12-11-16(18(23)21-17)14-22(19(24)20-2)13-15-8-6-5-7-9-15/h5-9,11-12H,3-4,10,13-14H2,1-2H3,(H,20,24)(H,21,23). The highest BCUT2D eigenvalue weighted by atomic mass is 16.2. The highest BCUT2D eigenvalue weighted by Gasteiger charge is 2.15. The lowest BCUT2D eigenvalue weighted by atomic mass is 10.1. The third kappa shape index (κ3) is 4.98. The molecule has 0 radical (unpaired) electrons. The molecule has 0 bridgehead atoms. The Labute approximate surface area is 142 Å². The molecule has 0 fully saturated rings. The molecule has 0 atom stereocenters. The zero-order chi connectivity index (χ0) is 17.4. The summed E-state index contributed by atoms with van der Waals surface area (Å²) in [6.45, 7) is 2.85. The van der Waals surface area contributed by atoms with E-state index in [-0.39, 0.29) is 18.1 Å². The van der Waals surface area contributed by atoms with Crippen LogP contribution in [0.15, 0.2) is 47.3 Å². The fourth-order valence-corrected chi connectivity index (χ4v) is 2.55. The number of rotatable bonds is 7. The minimum Gasteiger partial charge on any atom is -0.341 e. The number of nitrogens with zero attached hydrogens (tertiary/aromatic N) is 1.